The first-order valence-electron chi connectivity index (χ1n) is 11.4. The van der Waals surface area contributed by atoms with Gasteiger partial charge in [0.05, 0.1) is 22.0 Å². The lowest BCUT2D eigenvalue weighted by atomic mass is 10.0. The van der Waals surface area contributed by atoms with Gasteiger partial charge in [0.1, 0.15) is 5.82 Å². The first-order valence-corrected chi connectivity index (χ1v) is 12.8. The van der Waals surface area contributed by atoms with Crippen LogP contribution in [0.5, 0.6) is 0 Å². The molecule has 0 unspecified atom stereocenters. The molecule has 3 aromatic carbocycles. The quantitative estimate of drug-likeness (QED) is 0.422. The number of para-hydroxylation sites is 2. The maximum Gasteiger partial charge on any atom is 0.251 e. The summed E-state index contributed by atoms with van der Waals surface area (Å²) >= 11 is 0. The van der Waals surface area contributed by atoms with Gasteiger partial charge in [0, 0.05) is 18.7 Å². The molecule has 0 radical (unpaired) electrons. The monoisotopic (exact) mass is 474 g/mol. The van der Waals surface area contributed by atoms with Gasteiger partial charge in [-0.3, -0.25) is 4.79 Å². The molecule has 1 saturated heterocycles. The second kappa shape index (κ2) is 9.40. The number of fused-ring (bicyclic) bond motifs is 1. The topological polar surface area (TPSA) is 95.2 Å². The zero-order valence-corrected chi connectivity index (χ0v) is 19.5. The number of imidazole rings is 1. The van der Waals surface area contributed by atoms with Crippen LogP contribution in [0.4, 0.5) is 0 Å². The molecule has 0 aliphatic carbocycles. The fourth-order valence-corrected chi connectivity index (χ4v) is 5.82. The number of amides is 1. The summed E-state index contributed by atoms with van der Waals surface area (Å²) in [5.74, 6) is 0.387. The number of nitrogens with zero attached hydrogens (tertiary/aromatic N) is 2. The summed E-state index contributed by atoms with van der Waals surface area (Å²) in [4.78, 5) is 21.4. The number of aromatic amines is 1. The molecule has 34 heavy (non-hydrogen) atoms. The fraction of sp³-hybridized carbons (Fsp3) is 0.231. The Hall–Kier alpha value is -3.49. The van der Waals surface area contributed by atoms with Gasteiger partial charge in [-0.15, -0.1) is 0 Å². The van der Waals surface area contributed by atoms with Gasteiger partial charge in [-0.25, -0.2) is 13.4 Å². The Labute approximate surface area is 198 Å². The highest BCUT2D eigenvalue weighted by atomic mass is 32.2. The third kappa shape index (κ3) is 4.60. The number of benzene rings is 3. The summed E-state index contributed by atoms with van der Waals surface area (Å²) < 4.78 is 27.1. The Bertz CT molecular complexity index is 1360. The predicted octanol–water partition coefficient (Wildman–Crippen LogP) is 4.06. The molecule has 5 rings (SSSR count). The Kier molecular flexibility index (Phi) is 6.17. The van der Waals surface area contributed by atoms with Crippen LogP contribution in [0.25, 0.3) is 11.0 Å². The fourth-order valence-electron chi connectivity index (χ4n) is 4.30. The van der Waals surface area contributed by atoms with Gasteiger partial charge in [-0.2, -0.15) is 4.31 Å². The first kappa shape index (κ1) is 22.3. The Balaban J connectivity index is 1.38. The number of aromatic nitrogens is 2. The van der Waals surface area contributed by atoms with Crippen LogP contribution in [-0.4, -0.2) is 41.7 Å². The summed E-state index contributed by atoms with van der Waals surface area (Å²) in [5, 5.41) is 3.08. The van der Waals surface area contributed by atoms with Crippen LogP contribution in [0, 0.1) is 0 Å². The van der Waals surface area contributed by atoms with E-state index in [9.17, 15) is 13.2 Å². The van der Waals surface area contributed by atoms with E-state index in [4.69, 9.17) is 4.98 Å². The summed E-state index contributed by atoms with van der Waals surface area (Å²) in [6.45, 7) is 1.09. The molecule has 1 aliphatic rings. The highest BCUT2D eigenvalue weighted by molar-refractivity contribution is 7.89. The van der Waals surface area contributed by atoms with Crippen molar-refractivity contribution in [2.45, 2.75) is 30.2 Å². The van der Waals surface area contributed by atoms with Gasteiger partial charge < -0.3 is 10.3 Å². The average molecular weight is 475 g/mol. The molecule has 2 N–H and O–H groups in total. The highest BCUT2D eigenvalue weighted by Crippen LogP contribution is 2.23. The summed E-state index contributed by atoms with van der Waals surface area (Å²) in [6, 6.07) is 23.4. The number of H-pyrrole nitrogens is 1. The minimum absolute atomic E-state index is 0.212. The van der Waals surface area contributed by atoms with Crippen molar-refractivity contribution in [3.63, 3.8) is 0 Å². The standard InChI is InChI=1S/C26H26N4O3S/c31-26(20-12-14-21(15-13-20)34(32,33)30-16-6-7-17-30)29-24(18-19-8-2-1-3-9-19)25-27-22-10-4-5-11-23(22)28-25/h1-5,8-15,24H,6-7,16-18H2,(H,27,28)(H,29,31)/t24-/m0/s1. The minimum Gasteiger partial charge on any atom is -0.342 e. The molecule has 1 fully saturated rings. The normalized spacial score (nSPS) is 15.4. The van der Waals surface area contributed by atoms with E-state index in [1.165, 1.54) is 16.4 Å². The van der Waals surface area contributed by atoms with E-state index < -0.39 is 10.0 Å². The van der Waals surface area contributed by atoms with Crippen LogP contribution >= 0.6 is 0 Å². The number of carbonyl (C=O) groups excluding carboxylic acids is 1. The van der Waals surface area contributed by atoms with Gasteiger partial charge in [-0.1, -0.05) is 42.5 Å². The van der Waals surface area contributed by atoms with E-state index >= 15 is 0 Å². The third-order valence-corrected chi connectivity index (χ3v) is 8.06. The molecule has 1 amide bonds. The molecule has 7 nitrogen and oxygen atoms in total. The van der Waals surface area contributed by atoms with Crippen molar-refractivity contribution in [2.24, 2.45) is 0 Å². The lowest BCUT2D eigenvalue weighted by molar-refractivity contribution is 0.0934. The van der Waals surface area contributed by atoms with Gasteiger partial charge in [-0.05, 0) is 61.2 Å². The Morgan fingerprint density at radius 3 is 2.32 bits per heavy atom. The van der Waals surface area contributed by atoms with Crippen LogP contribution < -0.4 is 5.32 Å². The zero-order valence-electron chi connectivity index (χ0n) is 18.6. The maximum atomic E-state index is 13.1. The Morgan fingerprint density at radius 1 is 0.941 bits per heavy atom. The van der Waals surface area contributed by atoms with Gasteiger partial charge in [0.25, 0.3) is 5.91 Å². The Morgan fingerprint density at radius 2 is 1.62 bits per heavy atom. The van der Waals surface area contributed by atoms with Crippen LogP contribution in [0.15, 0.2) is 83.8 Å². The second-order valence-electron chi connectivity index (χ2n) is 8.49. The van der Waals surface area contributed by atoms with Gasteiger partial charge in [0.2, 0.25) is 10.0 Å². The lowest BCUT2D eigenvalue weighted by Gasteiger charge is -2.18. The van der Waals surface area contributed by atoms with Crippen LogP contribution in [0.3, 0.4) is 0 Å². The van der Waals surface area contributed by atoms with E-state index in [-0.39, 0.29) is 16.8 Å². The van der Waals surface area contributed by atoms with Crippen molar-refractivity contribution >= 4 is 27.0 Å². The first-order chi connectivity index (χ1) is 16.5. The largest absolute Gasteiger partial charge is 0.342 e. The molecule has 0 saturated carbocycles. The number of carbonyl (C=O) groups is 1. The SMILES string of the molecule is O=C(N[C@@H](Cc1ccccc1)c1nc2ccccc2[nH]1)c1ccc(S(=O)(=O)N2CCCC2)cc1. The van der Waals surface area contributed by atoms with E-state index in [0.29, 0.717) is 30.9 Å². The highest BCUT2D eigenvalue weighted by Gasteiger charge is 2.27. The van der Waals surface area contributed by atoms with Crippen LogP contribution in [-0.2, 0) is 16.4 Å². The van der Waals surface area contributed by atoms with E-state index in [2.05, 4.69) is 10.3 Å². The van der Waals surface area contributed by atoms with Crippen molar-refractivity contribution in [3.05, 3.63) is 95.8 Å². The van der Waals surface area contributed by atoms with E-state index in [0.717, 1.165) is 29.4 Å². The molecule has 2 heterocycles. The molecule has 1 atom stereocenters. The number of hydrogen-bond acceptors (Lipinski definition) is 4. The maximum absolute atomic E-state index is 13.1. The van der Waals surface area contributed by atoms with Crippen molar-refractivity contribution in [3.8, 4) is 0 Å². The molecule has 174 valence electrons. The molecule has 4 aromatic rings. The number of nitrogens with one attached hydrogen (secondary N) is 2. The van der Waals surface area contributed by atoms with Gasteiger partial charge >= 0.3 is 0 Å². The number of sulfonamides is 1. The second-order valence-corrected chi connectivity index (χ2v) is 10.4. The van der Waals surface area contributed by atoms with E-state index in [1.54, 1.807) is 12.1 Å². The summed E-state index contributed by atoms with van der Waals surface area (Å²) in [5.41, 5.74) is 3.21. The summed E-state index contributed by atoms with van der Waals surface area (Å²) in [6.07, 6.45) is 2.32. The average Bonchev–Trinajstić information content (AvgIpc) is 3.55. The van der Waals surface area contributed by atoms with Crippen LogP contribution in [0.1, 0.15) is 40.6 Å². The molecule has 0 bridgehead atoms. The van der Waals surface area contributed by atoms with Crippen molar-refractivity contribution in [1.29, 1.82) is 0 Å². The molecule has 0 spiro atoms. The van der Waals surface area contributed by atoms with Crippen molar-refractivity contribution in [1.82, 2.24) is 19.6 Å². The van der Waals surface area contributed by atoms with Crippen molar-refractivity contribution in [2.75, 3.05) is 13.1 Å². The molecule has 1 aliphatic heterocycles. The predicted molar refractivity (Wildman–Crippen MR) is 131 cm³/mol. The van der Waals surface area contributed by atoms with Crippen molar-refractivity contribution < 1.29 is 13.2 Å². The molecular weight excluding hydrogens is 448 g/mol. The number of rotatable bonds is 7. The third-order valence-electron chi connectivity index (χ3n) is 6.15. The zero-order chi connectivity index (χ0) is 23.5. The smallest absolute Gasteiger partial charge is 0.251 e. The molecular formula is C26H26N4O3S. The number of hydrogen-bond donors (Lipinski definition) is 2. The van der Waals surface area contributed by atoms with E-state index in [1.807, 2.05) is 54.6 Å². The lowest BCUT2D eigenvalue weighted by Crippen LogP contribution is -2.31. The van der Waals surface area contributed by atoms with Crippen LogP contribution in [0.2, 0.25) is 0 Å². The minimum atomic E-state index is -3.52. The molecule has 8 heteroatoms. The molecule has 1 aromatic heterocycles. The summed E-state index contributed by atoms with van der Waals surface area (Å²) in [7, 11) is -3.52. The van der Waals surface area contributed by atoms with Gasteiger partial charge in [0.15, 0.2) is 0 Å².